The van der Waals surface area contributed by atoms with Crippen LogP contribution in [0.4, 0.5) is 0 Å². The molecule has 0 saturated heterocycles. The molecule has 4 rings (SSSR count). The highest BCUT2D eigenvalue weighted by molar-refractivity contribution is 6.03. The third-order valence-corrected chi connectivity index (χ3v) is 5.59. The second-order valence-corrected chi connectivity index (χ2v) is 10.0. The van der Waals surface area contributed by atoms with Gasteiger partial charge < -0.3 is 5.11 Å². The average Bonchev–Trinajstić information content (AvgIpc) is 3.10. The third kappa shape index (κ3) is 3.59. The lowest BCUT2D eigenvalue weighted by molar-refractivity contribution is 0.439. The summed E-state index contributed by atoms with van der Waals surface area (Å²) in [6.07, 6.45) is 4.37. The monoisotopic (exact) mass is 387 g/mol. The number of rotatable bonds is 2. The van der Waals surface area contributed by atoms with Gasteiger partial charge in [0.1, 0.15) is 5.75 Å². The molecule has 2 aromatic heterocycles. The molecule has 0 bridgehead atoms. The van der Waals surface area contributed by atoms with Crippen molar-refractivity contribution < 1.29 is 5.11 Å². The molecule has 2 heterocycles. The number of H-pyrrole nitrogens is 1. The second kappa shape index (κ2) is 6.58. The Bertz CT molecular complexity index is 1210. The van der Waals surface area contributed by atoms with E-state index < -0.39 is 0 Å². The normalized spacial score (nSPS) is 12.8. The molecule has 0 amide bonds. The summed E-state index contributed by atoms with van der Waals surface area (Å²) in [5, 5.41) is 20.5. The zero-order valence-corrected chi connectivity index (χ0v) is 18.1. The lowest BCUT2D eigenvalue weighted by atomic mass is 9.78. The highest BCUT2D eigenvalue weighted by Crippen LogP contribution is 2.38. The summed E-state index contributed by atoms with van der Waals surface area (Å²) in [6, 6.07) is 10.5. The third-order valence-electron chi connectivity index (χ3n) is 5.59. The minimum atomic E-state index is -0.135. The number of hydrogen-bond acceptors (Lipinski definition) is 3. The summed E-state index contributed by atoms with van der Waals surface area (Å²) in [6.45, 7) is 13.1. The maximum atomic E-state index is 11.1. The lowest BCUT2D eigenvalue weighted by Gasteiger charge is -2.27. The van der Waals surface area contributed by atoms with Crippen LogP contribution >= 0.6 is 0 Å². The fourth-order valence-electron chi connectivity index (χ4n) is 3.81. The van der Waals surface area contributed by atoms with Crippen LogP contribution in [0.3, 0.4) is 0 Å². The number of pyridine rings is 1. The Morgan fingerprint density at radius 2 is 1.69 bits per heavy atom. The molecule has 0 atom stereocenters. The van der Waals surface area contributed by atoms with Gasteiger partial charge in [-0.2, -0.15) is 5.10 Å². The van der Waals surface area contributed by atoms with Crippen LogP contribution in [-0.4, -0.2) is 20.3 Å². The van der Waals surface area contributed by atoms with Gasteiger partial charge in [0, 0.05) is 23.4 Å². The molecule has 4 aromatic rings. The van der Waals surface area contributed by atoms with Crippen molar-refractivity contribution in [1.29, 1.82) is 0 Å². The SMILES string of the molecule is CC(C)(C)c1cc(Cc2cnc3ccc4cn[nH]c4c3c2)c(O)c(C(C)(C)C)c1. The van der Waals surface area contributed by atoms with E-state index in [2.05, 4.69) is 74.9 Å². The molecule has 29 heavy (non-hydrogen) atoms. The fraction of sp³-hybridized carbons (Fsp3) is 0.360. The van der Waals surface area contributed by atoms with E-state index in [1.807, 2.05) is 24.5 Å². The summed E-state index contributed by atoms with van der Waals surface area (Å²) < 4.78 is 0. The van der Waals surface area contributed by atoms with Gasteiger partial charge in [0.15, 0.2) is 0 Å². The van der Waals surface area contributed by atoms with Crippen molar-refractivity contribution in [3.8, 4) is 5.75 Å². The van der Waals surface area contributed by atoms with Gasteiger partial charge in [-0.15, -0.1) is 0 Å². The molecule has 0 aliphatic carbocycles. The number of aromatic amines is 1. The minimum absolute atomic E-state index is 0.00612. The molecule has 0 spiro atoms. The molecule has 0 aliphatic heterocycles. The molecular formula is C25H29N3O. The van der Waals surface area contributed by atoms with Gasteiger partial charge in [0.05, 0.1) is 17.2 Å². The Hall–Kier alpha value is -2.88. The summed E-state index contributed by atoms with van der Waals surface area (Å²) in [5.74, 6) is 0.394. The van der Waals surface area contributed by atoms with Gasteiger partial charge >= 0.3 is 0 Å². The van der Waals surface area contributed by atoms with Crippen molar-refractivity contribution in [3.05, 3.63) is 65.0 Å². The first-order chi connectivity index (χ1) is 13.5. The Kier molecular flexibility index (Phi) is 4.41. The first kappa shape index (κ1) is 19.4. The molecule has 0 fully saturated rings. The second-order valence-electron chi connectivity index (χ2n) is 10.0. The number of fused-ring (bicyclic) bond motifs is 3. The molecule has 0 radical (unpaired) electrons. The van der Waals surface area contributed by atoms with Gasteiger partial charge in [-0.1, -0.05) is 53.7 Å². The van der Waals surface area contributed by atoms with Crippen LogP contribution < -0.4 is 0 Å². The van der Waals surface area contributed by atoms with Crippen LogP contribution in [0.5, 0.6) is 5.75 Å². The number of phenols is 1. The van der Waals surface area contributed by atoms with Crippen LogP contribution in [0.25, 0.3) is 21.8 Å². The predicted molar refractivity (Wildman–Crippen MR) is 120 cm³/mol. The van der Waals surface area contributed by atoms with E-state index in [4.69, 9.17) is 0 Å². The molecule has 0 saturated carbocycles. The summed E-state index contributed by atoms with van der Waals surface area (Å²) >= 11 is 0. The zero-order valence-electron chi connectivity index (χ0n) is 18.1. The van der Waals surface area contributed by atoms with E-state index in [1.165, 1.54) is 5.56 Å². The molecule has 0 aliphatic rings. The van der Waals surface area contributed by atoms with Crippen LogP contribution in [0.1, 0.15) is 63.8 Å². The van der Waals surface area contributed by atoms with Crippen LogP contribution in [0.15, 0.2) is 42.7 Å². The molecule has 4 heteroatoms. The quantitative estimate of drug-likeness (QED) is 0.443. The number of aromatic nitrogens is 3. The van der Waals surface area contributed by atoms with E-state index >= 15 is 0 Å². The molecule has 4 nitrogen and oxygen atoms in total. The lowest BCUT2D eigenvalue weighted by Crippen LogP contribution is -2.17. The summed E-state index contributed by atoms with van der Waals surface area (Å²) in [5.41, 5.74) is 6.05. The molecule has 2 aromatic carbocycles. The predicted octanol–water partition coefficient (Wildman–Crippen LogP) is 6.00. The number of phenolic OH excluding ortho intramolecular Hbond substituents is 1. The Balaban J connectivity index is 1.85. The number of aromatic hydroxyl groups is 1. The molecule has 150 valence electrons. The van der Waals surface area contributed by atoms with Crippen molar-refractivity contribution in [1.82, 2.24) is 15.2 Å². The number of nitrogens with zero attached hydrogens (tertiary/aromatic N) is 2. The topological polar surface area (TPSA) is 61.8 Å². The van der Waals surface area contributed by atoms with E-state index in [0.29, 0.717) is 12.2 Å². The largest absolute Gasteiger partial charge is 0.507 e. The molecule has 0 unspecified atom stereocenters. The first-order valence-corrected chi connectivity index (χ1v) is 10.1. The number of nitrogens with one attached hydrogen (secondary N) is 1. The molecular weight excluding hydrogens is 358 g/mol. The summed E-state index contributed by atoms with van der Waals surface area (Å²) in [7, 11) is 0. The van der Waals surface area contributed by atoms with E-state index in [0.717, 1.165) is 38.5 Å². The van der Waals surface area contributed by atoms with Gasteiger partial charge in [0.25, 0.3) is 0 Å². The number of hydrogen-bond donors (Lipinski definition) is 2. The van der Waals surface area contributed by atoms with Crippen LogP contribution in [-0.2, 0) is 17.3 Å². The standard InChI is InChI=1S/C25H29N3O/c1-24(2,3)18-11-17(23(29)20(12-18)25(4,5)6)9-15-10-19-21(26-13-15)8-7-16-14-27-28-22(16)19/h7-8,10-14,29H,9H2,1-6H3,(H,27,28). The minimum Gasteiger partial charge on any atom is -0.507 e. The Labute approximate surface area is 172 Å². The highest BCUT2D eigenvalue weighted by atomic mass is 16.3. The van der Waals surface area contributed by atoms with Gasteiger partial charge in [-0.25, -0.2) is 0 Å². The Morgan fingerprint density at radius 1 is 0.931 bits per heavy atom. The van der Waals surface area contributed by atoms with Crippen molar-refractivity contribution >= 4 is 21.8 Å². The average molecular weight is 388 g/mol. The van der Waals surface area contributed by atoms with E-state index in [1.54, 1.807) is 0 Å². The van der Waals surface area contributed by atoms with Crippen molar-refractivity contribution in [2.45, 2.75) is 58.8 Å². The zero-order chi connectivity index (χ0) is 21.0. The Morgan fingerprint density at radius 3 is 2.38 bits per heavy atom. The van der Waals surface area contributed by atoms with Gasteiger partial charge in [-0.3, -0.25) is 10.1 Å². The van der Waals surface area contributed by atoms with E-state index in [9.17, 15) is 5.11 Å². The van der Waals surface area contributed by atoms with Gasteiger partial charge in [0.2, 0.25) is 0 Å². The highest BCUT2D eigenvalue weighted by Gasteiger charge is 2.25. The van der Waals surface area contributed by atoms with Crippen molar-refractivity contribution in [2.75, 3.05) is 0 Å². The smallest absolute Gasteiger partial charge is 0.122 e. The fourth-order valence-corrected chi connectivity index (χ4v) is 3.81. The van der Waals surface area contributed by atoms with Crippen LogP contribution in [0.2, 0.25) is 0 Å². The summed E-state index contributed by atoms with van der Waals surface area (Å²) in [4.78, 5) is 4.65. The van der Waals surface area contributed by atoms with Crippen molar-refractivity contribution in [2.24, 2.45) is 0 Å². The van der Waals surface area contributed by atoms with Crippen molar-refractivity contribution in [3.63, 3.8) is 0 Å². The first-order valence-electron chi connectivity index (χ1n) is 10.1. The number of benzene rings is 2. The van der Waals surface area contributed by atoms with Gasteiger partial charge in [-0.05, 0) is 51.3 Å². The van der Waals surface area contributed by atoms with Crippen LogP contribution in [0, 0.1) is 0 Å². The maximum Gasteiger partial charge on any atom is 0.122 e. The maximum absolute atomic E-state index is 11.1. The van der Waals surface area contributed by atoms with E-state index in [-0.39, 0.29) is 10.8 Å². The molecule has 2 N–H and O–H groups in total.